The van der Waals surface area contributed by atoms with E-state index in [0.29, 0.717) is 29.5 Å². The predicted octanol–water partition coefficient (Wildman–Crippen LogP) is 4.01. The number of halogens is 1. The molecule has 0 aliphatic carbocycles. The summed E-state index contributed by atoms with van der Waals surface area (Å²) in [6, 6.07) is 8.61. The van der Waals surface area contributed by atoms with Gasteiger partial charge in [0, 0.05) is 30.4 Å². The zero-order chi connectivity index (χ0) is 25.0. The minimum absolute atomic E-state index is 0.0593. The second-order valence-corrected chi connectivity index (χ2v) is 10.3. The van der Waals surface area contributed by atoms with Gasteiger partial charge in [-0.05, 0) is 61.9 Å². The van der Waals surface area contributed by atoms with Gasteiger partial charge in [0.15, 0.2) is 0 Å². The lowest BCUT2D eigenvalue weighted by Gasteiger charge is -2.48. The molecule has 0 amide bonds. The maximum atomic E-state index is 15.7. The summed E-state index contributed by atoms with van der Waals surface area (Å²) < 4.78 is 20.9. The van der Waals surface area contributed by atoms with Crippen LogP contribution in [0.15, 0.2) is 42.7 Å². The average Bonchev–Trinajstić information content (AvgIpc) is 3.06. The number of anilines is 1. The highest BCUT2D eigenvalue weighted by atomic mass is 19.1. The number of methoxy groups -OCH3 is 1. The van der Waals surface area contributed by atoms with Crippen molar-refractivity contribution in [1.29, 1.82) is 0 Å². The van der Waals surface area contributed by atoms with Crippen LogP contribution in [-0.2, 0) is 0 Å². The number of nitrogens with one attached hydrogen (secondary N) is 1. The van der Waals surface area contributed by atoms with Crippen molar-refractivity contribution in [3.05, 3.63) is 42.7 Å². The Morgan fingerprint density at radius 1 is 1.11 bits per heavy atom. The Morgan fingerprint density at radius 2 is 1.89 bits per heavy atom. The zero-order valence-corrected chi connectivity index (χ0v) is 20.7. The Labute approximate surface area is 204 Å². The number of phenolic OH excluding ortho intramolecular Hbond substituents is 1. The molecule has 0 spiro atoms. The Balaban J connectivity index is 1.37. The van der Waals surface area contributed by atoms with E-state index in [1.165, 1.54) is 0 Å². The first kappa shape index (κ1) is 23.4. The molecule has 2 bridgehead atoms. The number of aromatic hydroxyl groups is 1. The van der Waals surface area contributed by atoms with Crippen molar-refractivity contribution in [1.82, 2.24) is 25.5 Å². The van der Waals surface area contributed by atoms with Gasteiger partial charge in [-0.25, -0.2) is 14.4 Å². The number of piperidine rings is 1. The zero-order valence-electron chi connectivity index (χ0n) is 20.7. The highest BCUT2D eigenvalue weighted by Crippen LogP contribution is 2.48. The summed E-state index contributed by atoms with van der Waals surface area (Å²) in [5.74, 6) is 1.16. The van der Waals surface area contributed by atoms with Crippen molar-refractivity contribution in [2.75, 3.05) is 19.1 Å². The van der Waals surface area contributed by atoms with Crippen LogP contribution in [0.3, 0.4) is 0 Å². The van der Waals surface area contributed by atoms with Crippen LogP contribution >= 0.6 is 0 Å². The van der Waals surface area contributed by atoms with E-state index in [0.717, 1.165) is 17.5 Å². The third kappa shape index (κ3) is 3.97. The van der Waals surface area contributed by atoms with Crippen molar-refractivity contribution in [3.63, 3.8) is 0 Å². The van der Waals surface area contributed by atoms with E-state index in [4.69, 9.17) is 4.74 Å². The van der Waals surface area contributed by atoms with E-state index in [9.17, 15) is 5.11 Å². The van der Waals surface area contributed by atoms with Crippen molar-refractivity contribution in [2.45, 2.75) is 56.9 Å². The Morgan fingerprint density at radius 3 is 2.57 bits per heavy atom. The first-order chi connectivity index (χ1) is 16.6. The van der Waals surface area contributed by atoms with Crippen LogP contribution in [0, 0.1) is 5.92 Å². The number of pyridine rings is 1. The van der Waals surface area contributed by atoms with E-state index in [1.807, 2.05) is 26.1 Å². The SMILES string of the molecule is COc1cc(-c2ccc(-c3cnc(N(C)[C@@H]4C[C@@]5(C)CC(C)[C@](C)(N5)[C@@H]4F)nn3)c(O)c2)ccn1. The Hall–Kier alpha value is -3.33. The summed E-state index contributed by atoms with van der Waals surface area (Å²) in [6.07, 6.45) is 3.76. The Bertz CT molecular complexity index is 1240. The summed E-state index contributed by atoms with van der Waals surface area (Å²) in [4.78, 5) is 10.4. The van der Waals surface area contributed by atoms with E-state index < -0.39 is 11.7 Å². The maximum Gasteiger partial charge on any atom is 0.245 e. The summed E-state index contributed by atoms with van der Waals surface area (Å²) >= 11 is 0. The van der Waals surface area contributed by atoms with Gasteiger partial charge in [0.05, 0.1) is 24.9 Å². The molecule has 0 saturated carbocycles. The van der Waals surface area contributed by atoms with E-state index >= 15 is 4.39 Å². The molecule has 2 saturated heterocycles. The van der Waals surface area contributed by atoms with Gasteiger partial charge < -0.3 is 20.1 Å². The van der Waals surface area contributed by atoms with Crippen LogP contribution in [0.4, 0.5) is 10.3 Å². The molecule has 4 heterocycles. The molecule has 1 aromatic carbocycles. The molecule has 2 aliphatic rings. The van der Waals surface area contributed by atoms with Gasteiger partial charge in [0.1, 0.15) is 17.6 Å². The molecular formula is C26H31FN6O2. The Kier molecular flexibility index (Phi) is 5.62. The normalized spacial score (nSPS) is 29.7. The quantitative estimate of drug-likeness (QED) is 0.568. The number of ether oxygens (including phenoxy) is 1. The van der Waals surface area contributed by atoms with Crippen molar-refractivity contribution in [3.8, 4) is 34.0 Å². The second-order valence-electron chi connectivity index (χ2n) is 10.3. The number of hydrogen-bond donors (Lipinski definition) is 2. The fourth-order valence-corrected chi connectivity index (χ4v) is 5.82. The number of aromatic nitrogens is 4. The molecule has 2 N–H and O–H groups in total. The van der Waals surface area contributed by atoms with Crippen LogP contribution in [0.25, 0.3) is 22.4 Å². The highest BCUT2D eigenvalue weighted by molar-refractivity contribution is 5.74. The molecule has 3 aromatic rings. The van der Waals surface area contributed by atoms with Crippen molar-refractivity contribution in [2.24, 2.45) is 5.92 Å². The molecule has 184 valence electrons. The van der Waals surface area contributed by atoms with Gasteiger partial charge in [0.2, 0.25) is 11.8 Å². The lowest BCUT2D eigenvalue weighted by atomic mass is 9.80. The van der Waals surface area contributed by atoms with Crippen LogP contribution < -0.4 is 15.0 Å². The maximum absolute atomic E-state index is 15.7. The van der Waals surface area contributed by atoms with Gasteiger partial charge in [-0.3, -0.25) is 0 Å². The topological polar surface area (TPSA) is 96.3 Å². The standard InChI is InChI=1S/C26H31FN6O2/c1-15-12-25(2)13-20(23(27)26(15,3)32-25)33(4)24-29-14-19(30-31-24)18-7-6-16(10-21(18)34)17-8-9-28-22(11-17)35-5/h6-11,14-15,20,23,32,34H,12-13H2,1-5H3/t15?,20-,23-,25-,26+/m1/s1. The summed E-state index contributed by atoms with van der Waals surface area (Å²) in [6.45, 7) is 6.26. The van der Waals surface area contributed by atoms with E-state index in [2.05, 4.69) is 39.3 Å². The van der Waals surface area contributed by atoms with Crippen LogP contribution in [-0.4, -0.2) is 62.7 Å². The van der Waals surface area contributed by atoms with Gasteiger partial charge >= 0.3 is 0 Å². The number of rotatable bonds is 5. The molecule has 5 atom stereocenters. The van der Waals surface area contributed by atoms with Crippen molar-refractivity contribution < 1.29 is 14.2 Å². The second kappa shape index (κ2) is 8.41. The molecule has 2 fully saturated rings. The largest absolute Gasteiger partial charge is 0.507 e. The molecule has 35 heavy (non-hydrogen) atoms. The fourth-order valence-electron chi connectivity index (χ4n) is 5.82. The lowest BCUT2D eigenvalue weighted by molar-refractivity contribution is 0.0706. The number of fused-ring (bicyclic) bond motifs is 2. The third-order valence-electron chi connectivity index (χ3n) is 7.84. The number of benzene rings is 1. The van der Waals surface area contributed by atoms with Gasteiger partial charge in [-0.2, -0.15) is 0 Å². The average molecular weight is 479 g/mol. The van der Waals surface area contributed by atoms with Crippen LogP contribution in [0.2, 0.25) is 0 Å². The third-order valence-corrected chi connectivity index (χ3v) is 7.84. The van der Waals surface area contributed by atoms with Gasteiger partial charge in [0.25, 0.3) is 0 Å². The summed E-state index contributed by atoms with van der Waals surface area (Å²) in [5.41, 5.74) is 1.94. The molecule has 5 rings (SSSR count). The first-order valence-electron chi connectivity index (χ1n) is 11.8. The van der Waals surface area contributed by atoms with Crippen molar-refractivity contribution >= 4 is 5.95 Å². The monoisotopic (exact) mass is 478 g/mol. The fraction of sp³-hybridized carbons (Fsp3) is 0.462. The lowest BCUT2D eigenvalue weighted by Crippen LogP contribution is -2.66. The van der Waals surface area contributed by atoms with E-state index in [-0.39, 0.29) is 23.2 Å². The van der Waals surface area contributed by atoms with E-state index in [1.54, 1.807) is 42.6 Å². The number of phenols is 1. The molecule has 2 aliphatic heterocycles. The van der Waals surface area contributed by atoms with Crippen LogP contribution in [0.5, 0.6) is 11.6 Å². The number of alkyl halides is 1. The molecule has 9 heteroatoms. The molecule has 0 radical (unpaired) electrons. The highest BCUT2D eigenvalue weighted by Gasteiger charge is 2.59. The molecule has 8 nitrogen and oxygen atoms in total. The summed E-state index contributed by atoms with van der Waals surface area (Å²) in [7, 11) is 3.38. The minimum atomic E-state index is -1.07. The minimum Gasteiger partial charge on any atom is -0.507 e. The van der Waals surface area contributed by atoms with Crippen LogP contribution in [0.1, 0.15) is 33.6 Å². The smallest absolute Gasteiger partial charge is 0.245 e. The predicted molar refractivity (Wildman–Crippen MR) is 132 cm³/mol. The van der Waals surface area contributed by atoms with Gasteiger partial charge in [-0.15, -0.1) is 10.2 Å². The molecule has 1 unspecified atom stereocenters. The number of hydrogen-bond acceptors (Lipinski definition) is 8. The molecular weight excluding hydrogens is 447 g/mol. The molecule has 2 aromatic heterocycles. The first-order valence-corrected chi connectivity index (χ1v) is 11.8. The number of nitrogens with zero attached hydrogens (tertiary/aromatic N) is 5. The summed E-state index contributed by atoms with van der Waals surface area (Å²) in [5, 5.41) is 22.8. The van der Waals surface area contributed by atoms with Gasteiger partial charge in [-0.1, -0.05) is 13.0 Å².